The summed E-state index contributed by atoms with van der Waals surface area (Å²) in [5.74, 6) is -0.236. The molecule has 1 heterocycles. The van der Waals surface area contributed by atoms with Crippen LogP contribution in [-0.4, -0.2) is 11.9 Å². The predicted molar refractivity (Wildman–Crippen MR) is 82.9 cm³/mol. The molecule has 0 radical (unpaired) electrons. The lowest BCUT2D eigenvalue weighted by molar-refractivity contribution is -0.129. The van der Waals surface area contributed by atoms with Gasteiger partial charge in [0.05, 0.1) is 0 Å². The first-order valence-corrected chi connectivity index (χ1v) is 6.64. The van der Waals surface area contributed by atoms with Crippen molar-refractivity contribution in [1.82, 2.24) is 0 Å². The molecule has 0 amide bonds. The second kappa shape index (κ2) is 5.42. The van der Waals surface area contributed by atoms with Gasteiger partial charge < -0.3 is 10.5 Å². The van der Waals surface area contributed by atoms with Gasteiger partial charge in [0.1, 0.15) is 0 Å². The first-order valence-electron chi connectivity index (χ1n) is 6.26. The Morgan fingerprint density at radius 2 is 1.81 bits per heavy atom. The third-order valence-corrected chi connectivity index (χ3v) is 3.25. The van der Waals surface area contributed by atoms with E-state index in [1.54, 1.807) is 36.4 Å². The summed E-state index contributed by atoms with van der Waals surface area (Å²) in [6.07, 6.45) is 1.61. The summed E-state index contributed by atoms with van der Waals surface area (Å²) in [5, 5.41) is 0.608. The number of para-hydroxylation sites is 1. The molecule has 104 valence electrons. The summed E-state index contributed by atoms with van der Waals surface area (Å²) < 4.78 is 5.17. The van der Waals surface area contributed by atoms with Gasteiger partial charge in [-0.05, 0) is 42.0 Å². The van der Waals surface area contributed by atoms with E-state index in [-0.39, 0.29) is 11.6 Å². The van der Waals surface area contributed by atoms with E-state index in [1.165, 1.54) is 0 Å². The fourth-order valence-electron chi connectivity index (χ4n) is 1.91. The maximum absolute atomic E-state index is 11.9. The number of benzene rings is 2. The number of esters is 1. The largest absolute Gasteiger partial charge is 0.402 e. The van der Waals surface area contributed by atoms with E-state index in [2.05, 4.69) is 4.99 Å². The Balaban J connectivity index is 1.96. The van der Waals surface area contributed by atoms with Crippen LogP contribution in [-0.2, 0) is 9.53 Å². The lowest BCUT2D eigenvalue weighted by Gasteiger charge is -1.98. The fraction of sp³-hybridized carbons (Fsp3) is 0. The van der Waals surface area contributed by atoms with Gasteiger partial charge in [-0.15, -0.1) is 0 Å². The maximum atomic E-state index is 11.9. The fourth-order valence-corrected chi connectivity index (χ4v) is 2.04. The van der Waals surface area contributed by atoms with E-state index in [9.17, 15) is 4.79 Å². The highest BCUT2D eigenvalue weighted by Gasteiger charge is 2.24. The minimum atomic E-state index is -0.497. The van der Waals surface area contributed by atoms with Crippen LogP contribution >= 0.6 is 11.6 Å². The zero-order valence-electron chi connectivity index (χ0n) is 10.9. The van der Waals surface area contributed by atoms with Crippen LogP contribution in [0, 0.1) is 0 Å². The SMILES string of the molecule is Nc1ccccc1/C=C1\N=C(c2ccc(Cl)cc2)OC1=O. The van der Waals surface area contributed by atoms with Gasteiger partial charge in [0.2, 0.25) is 5.90 Å². The zero-order valence-corrected chi connectivity index (χ0v) is 11.7. The average Bonchev–Trinajstić information content (AvgIpc) is 2.83. The van der Waals surface area contributed by atoms with Gasteiger partial charge in [-0.2, -0.15) is 0 Å². The molecule has 2 N–H and O–H groups in total. The average molecular weight is 299 g/mol. The maximum Gasteiger partial charge on any atom is 0.363 e. The molecule has 2 aromatic carbocycles. The molecule has 21 heavy (non-hydrogen) atoms. The number of nitrogen functional groups attached to an aromatic ring is 1. The molecule has 0 saturated carbocycles. The minimum Gasteiger partial charge on any atom is -0.402 e. The molecule has 4 nitrogen and oxygen atoms in total. The van der Waals surface area contributed by atoms with Crippen molar-refractivity contribution < 1.29 is 9.53 Å². The van der Waals surface area contributed by atoms with Crippen LogP contribution in [0.2, 0.25) is 5.02 Å². The van der Waals surface area contributed by atoms with Gasteiger partial charge in [-0.3, -0.25) is 0 Å². The summed E-state index contributed by atoms with van der Waals surface area (Å²) in [7, 11) is 0. The summed E-state index contributed by atoms with van der Waals surface area (Å²) in [4.78, 5) is 16.1. The van der Waals surface area contributed by atoms with Crippen LogP contribution in [0.3, 0.4) is 0 Å². The number of anilines is 1. The van der Waals surface area contributed by atoms with Crippen LogP contribution in [0.5, 0.6) is 0 Å². The number of halogens is 1. The first kappa shape index (κ1) is 13.4. The molecule has 0 bridgehead atoms. The molecular formula is C16H11ClN2O2. The monoisotopic (exact) mass is 298 g/mol. The van der Waals surface area contributed by atoms with Crippen LogP contribution in [0.4, 0.5) is 5.69 Å². The molecule has 5 heteroatoms. The van der Waals surface area contributed by atoms with Gasteiger partial charge in [-0.25, -0.2) is 9.79 Å². The predicted octanol–water partition coefficient (Wildman–Crippen LogP) is 3.27. The van der Waals surface area contributed by atoms with Crippen LogP contribution < -0.4 is 5.73 Å². The molecule has 0 atom stereocenters. The van der Waals surface area contributed by atoms with Gasteiger partial charge >= 0.3 is 5.97 Å². The molecule has 0 aliphatic carbocycles. The highest BCUT2D eigenvalue weighted by molar-refractivity contribution is 6.30. The van der Waals surface area contributed by atoms with E-state index >= 15 is 0 Å². The first-order chi connectivity index (χ1) is 10.1. The Kier molecular flexibility index (Phi) is 3.46. The number of aliphatic imine (C=N–C) groups is 1. The Morgan fingerprint density at radius 3 is 2.52 bits per heavy atom. The number of nitrogens with two attached hydrogens (primary N) is 1. The minimum absolute atomic E-state index is 0.220. The molecule has 0 unspecified atom stereocenters. The van der Waals surface area contributed by atoms with Gasteiger partial charge in [0, 0.05) is 16.3 Å². The smallest absolute Gasteiger partial charge is 0.363 e. The third kappa shape index (κ3) is 2.80. The molecule has 1 aliphatic rings. The van der Waals surface area contributed by atoms with Gasteiger partial charge in [0.15, 0.2) is 5.70 Å². The lowest BCUT2D eigenvalue weighted by Crippen LogP contribution is -2.05. The van der Waals surface area contributed by atoms with Crippen LogP contribution in [0.25, 0.3) is 6.08 Å². The topological polar surface area (TPSA) is 64.7 Å². The van der Waals surface area contributed by atoms with Crippen LogP contribution in [0.1, 0.15) is 11.1 Å². The molecule has 0 aromatic heterocycles. The van der Waals surface area contributed by atoms with E-state index in [1.807, 2.05) is 18.2 Å². The molecule has 0 spiro atoms. The summed E-state index contributed by atoms with van der Waals surface area (Å²) in [5.41, 5.74) is 8.06. The second-order valence-corrected chi connectivity index (χ2v) is 4.91. The van der Waals surface area contributed by atoms with Crippen molar-refractivity contribution in [2.75, 3.05) is 5.73 Å². The van der Waals surface area contributed by atoms with Gasteiger partial charge in [0.25, 0.3) is 0 Å². The van der Waals surface area contributed by atoms with Gasteiger partial charge in [-0.1, -0.05) is 29.8 Å². The second-order valence-electron chi connectivity index (χ2n) is 4.47. The Hall–Kier alpha value is -2.59. The number of ether oxygens (including phenoxy) is 1. The Labute approximate surface area is 126 Å². The van der Waals surface area contributed by atoms with Crippen molar-refractivity contribution in [1.29, 1.82) is 0 Å². The molecule has 3 rings (SSSR count). The molecular weight excluding hydrogens is 288 g/mol. The highest BCUT2D eigenvalue weighted by atomic mass is 35.5. The van der Waals surface area contributed by atoms with Crippen molar-refractivity contribution in [2.24, 2.45) is 4.99 Å². The van der Waals surface area contributed by atoms with E-state index in [0.29, 0.717) is 16.3 Å². The number of hydrogen-bond donors (Lipinski definition) is 1. The van der Waals surface area contributed by atoms with Crippen LogP contribution in [0.15, 0.2) is 59.2 Å². The van der Waals surface area contributed by atoms with Crippen molar-refractivity contribution in [3.63, 3.8) is 0 Å². The summed E-state index contributed by atoms with van der Waals surface area (Å²) >= 11 is 5.83. The third-order valence-electron chi connectivity index (χ3n) is 3.00. The normalized spacial score (nSPS) is 16.0. The number of nitrogens with zero attached hydrogens (tertiary/aromatic N) is 1. The van der Waals surface area contributed by atoms with Crippen molar-refractivity contribution in [2.45, 2.75) is 0 Å². The lowest BCUT2D eigenvalue weighted by atomic mass is 10.1. The Morgan fingerprint density at radius 1 is 1.10 bits per heavy atom. The van der Waals surface area contributed by atoms with E-state index in [0.717, 1.165) is 5.56 Å². The number of rotatable bonds is 2. The quantitative estimate of drug-likeness (QED) is 0.526. The van der Waals surface area contributed by atoms with Crippen molar-refractivity contribution in [3.05, 3.63) is 70.4 Å². The highest BCUT2D eigenvalue weighted by Crippen LogP contribution is 2.22. The number of hydrogen-bond acceptors (Lipinski definition) is 4. The number of carbonyl (C=O) groups excluding carboxylic acids is 1. The zero-order chi connectivity index (χ0) is 14.8. The van der Waals surface area contributed by atoms with Crippen molar-refractivity contribution >= 4 is 35.2 Å². The van der Waals surface area contributed by atoms with E-state index < -0.39 is 5.97 Å². The Bertz CT molecular complexity index is 764. The standard InChI is InChI=1S/C16H11ClN2O2/c17-12-7-5-10(6-8-12)15-19-14(16(20)21-15)9-11-3-1-2-4-13(11)18/h1-9H,18H2/b14-9-. The van der Waals surface area contributed by atoms with Crippen molar-refractivity contribution in [3.8, 4) is 0 Å². The summed E-state index contributed by atoms with van der Waals surface area (Å²) in [6.45, 7) is 0. The molecule has 0 fully saturated rings. The number of carbonyl (C=O) groups is 1. The number of cyclic esters (lactones) is 1. The van der Waals surface area contributed by atoms with E-state index in [4.69, 9.17) is 22.1 Å². The summed E-state index contributed by atoms with van der Waals surface area (Å²) in [6, 6.07) is 14.2. The molecule has 2 aromatic rings. The molecule has 1 aliphatic heterocycles. The molecule has 0 saturated heterocycles.